The zero-order valence-electron chi connectivity index (χ0n) is 15.3. The molecule has 1 amide bonds. The van der Waals surface area contributed by atoms with Gasteiger partial charge in [-0.3, -0.25) is 4.79 Å². The second-order valence-corrected chi connectivity index (χ2v) is 7.62. The first-order valence-corrected chi connectivity index (χ1v) is 9.66. The second kappa shape index (κ2) is 7.07. The Labute approximate surface area is 170 Å². The van der Waals surface area contributed by atoms with Crippen molar-refractivity contribution in [2.75, 3.05) is 31.1 Å². The number of carbonyl (C=O) groups excluding carboxylic acids is 1. The number of aromatic nitrogens is 5. The Bertz CT molecular complexity index is 1050. The lowest BCUT2D eigenvalue weighted by Gasteiger charge is -2.23. The monoisotopic (exact) mass is 413 g/mol. The van der Waals surface area contributed by atoms with Gasteiger partial charge < -0.3 is 9.80 Å². The van der Waals surface area contributed by atoms with Gasteiger partial charge in [-0.25, -0.2) is 9.37 Å². The summed E-state index contributed by atoms with van der Waals surface area (Å²) < 4.78 is 14.1. The highest BCUT2D eigenvalue weighted by atomic mass is 35.5. The van der Waals surface area contributed by atoms with E-state index in [1.54, 1.807) is 18.5 Å². The van der Waals surface area contributed by atoms with Gasteiger partial charge in [-0.1, -0.05) is 12.1 Å². The molecule has 2 aliphatic heterocycles. The summed E-state index contributed by atoms with van der Waals surface area (Å²) in [7, 11) is 0. The molecule has 2 atom stereocenters. The van der Waals surface area contributed by atoms with Crippen LogP contribution in [-0.4, -0.2) is 61.9 Å². The molecule has 10 heteroatoms. The van der Waals surface area contributed by atoms with E-state index in [0.29, 0.717) is 37.4 Å². The molecule has 0 radical (unpaired) electrons. The summed E-state index contributed by atoms with van der Waals surface area (Å²) in [5.41, 5.74) is 1.22. The normalized spacial score (nSPS) is 20.9. The Balaban J connectivity index is 1.33. The van der Waals surface area contributed by atoms with Crippen molar-refractivity contribution < 1.29 is 9.18 Å². The molecule has 0 bridgehead atoms. The molecule has 0 aliphatic carbocycles. The maximum atomic E-state index is 14.1. The number of benzene rings is 1. The van der Waals surface area contributed by atoms with Crippen LogP contribution < -0.4 is 4.90 Å². The first-order chi connectivity index (χ1) is 14.1. The minimum atomic E-state index is -0.483. The highest BCUT2D eigenvalue weighted by Gasteiger charge is 2.43. The lowest BCUT2D eigenvalue weighted by molar-refractivity contribution is 0.0782. The third kappa shape index (κ3) is 3.21. The molecule has 1 aromatic carbocycles. The van der Waals surface area contributed by atoms with Crippen LogP contribution in [0.25, 0.3) is 5.69 Å². The molecular formula is C19H17ClFN7O. The van der Waals surface area contributed by atoms with Crippen molar-refractivity contribution in [3.05, 3.63) is 59.5 Å². The number of rotatable bonds is 3. The molecule has 0 spiro atoms. The van der Waals surface area contributed by atoms with Crippen LogP contribution in [0.15, 0.2) is 42.9 Å². The lowest BCUT2D eigenvalue weighted by Crippen LogP contribution is -2.34. The van der Waals surface area contributed by atoms with Crippen molar-refractivity contribution in [2.24, 2.45) is 11.8 Å². The summed E-state index contributed by atoms with van der Waals surface area (Å²) in [4.78, 5) is 26.1. The van der Waals surface area contributed by atoms with E-state index >= 15 is 0 Å². The third-order valence-electron chi connectivity index (χ3n) is 5.54. The topological polar surface area (TPSA) is 80.0 Å². The van der Waals surface area contributed by atoms with E-state index < -0.39 is 5.82 Å². The molecule has 2 unspecified atom stereocenters. The van der Waals surface area contributed by atoms with Crippen molar-refractivity contribution in [1.82, 2.24) is 29.9 Å². The Hall–Kier alpha value is -3.07. The van der Waals surface area contributed by atoms with E-state index in [0.717, 1.165) is 6.20 Å². The smallest absolute Gasteiger partial charge is 0.256 e. The predicted octanol–water partition coefficient (Wildman–Crippen LogP) is 2.06. The number of para-hydroxylation sites is 1. The van der Waals surface area contributed by atoms with Crippen LogP contribution in [0, 0.1) is 17.7 Å². The van der Waals surface area contributed by atoms with Crippen LogP contribution in [0.1, 0.15) is 10.4 Å². The average Bonchev–Trinajstić information content (AvgIpc) is 3.45. The number of fused-ring (bicyclic) bond motifs is 1. The van der Waals surface area contributed by atoms with Crippen LogP contribution in [0.4, 0.5) is 10.2 Å². The van der Waals surface area contributed by atoms with E-state index in [1.165, 1.54) is 4.80 Å². The summed E-state index contributed by atoms with van der Waals surface area (Å²) in [5.74, 6) is 0.203. The van der Waals surface area contributed by atoms with Gasteiger partial charge in [0.05, 0.1) is 29.8 Å². The van der Waals surface area contributed by atoms with Gasteiger partial charge in [0.1, 0.15) is 0 Å². The number of anilines is 1. The second-order valence-electron chi connectivity index (χ2n) is 7.28. The summed E-state index contributed by atoms with van der Waals surface area (Å²) >= 11 is 5.82. The molecule has 0 N–H and O–H groups in total. The first kappa shape index (κ1) is 18.0. The lowest BCUT2D eigenvalue weighted by atomic mass is 10.0. The molecule has 0 saturated carbocycles. The van der Waals surface area contributed by atoms with E-state index in [1.807, 2.05) is 28.0 Å². The standard InChI is InChI=1S/C19H17ClFN7O/c20-19-22-7-15(21)17(25-19)26-8-12-10-27(11-13(12)9-26)18(29)14-3-1-2-4-16(14)28-23-5-6-24-28/h1-7,12-13H,8-11H2. The fraction of sp³-hybridized carbons (Fsp3) is 0.316. The molecular weight excluding hydrogens is 397 g/mol. The maximum absolute atomic E-state index is 14.1. The molecule has 148 valence electrons. The molecule has 29 heavy (non-hydrogen) atoms. The molecule has 2 aromatic heterocycles. The highest BCUT2D eigenvalue weighted by molar-refractivity contribution is 6.28. The largest absolute Gasteiger partial charge is 0.353 e. The first-order valence-electron chi connectivity index (χ1n) is 9.28. The minimum absolute atomic E-state index is 0.0269. The fourth-order valence-corrected chi connectivity index (χ4v) is 4.36. The van der Waals surface area contributed by atoms with E-state index in [9.17, 15) is 9.18 Å². The Morgan fingerprint density at radius 3 is 2.48 bits per heavy atom. The number of amides is 1. The van der Waals surface area contributed by atoms with Crippen LogP contribution in [-0.2, 0) is 0 Å². The van der Waals surface area contributed by atoms with E-state index in [4.69, 9.17) is 11.6 Å². The predicted molar refractivity (Wildman–Crippen MR) is 103 cm³/mol. The fourth-order valence-electron chi connectivity index (χ4n) is 4.23. The maximum Gasteiger partial charge on any atom is 0.256 e. The van der Waals surface area contributed by atoms with Crippen molar-refractivity contribution >= 4 is 23.3 Å². The molecule has 2 aliphatic rings. The van der Waals surface area contributed by atoms with Crippen molar-refractivity contribution in [3.63, 3.8) is 0 Å². The molecule has 5 rings (SSSR count). The van der Waals surface area contributed by atoms with Gasteiger partial charge in [0, 0.05) is 38.0 Å². The number of hydrogen-bond acceptors (Lipinski definition) is 6. The van der Waals surface area contributed by atoms with Gasteiger partial charge in [0.15, 0.2) is 11.6 Å². The molecule has 2 saturated heterocycles. The van der Waals surface area contributed by atoms with Crippen molar-refractivity contribution in [1.29, 1.82) is 0 Å². The highest BCUT2D eigenvalue weighted by Crippen LogP contribution is 2.35. The SMILES string of the molecule is O=C(c1ccccc1-n1nccn1)N1CC2CN(c3nc(Cl)ncc3F)CC2C1. The third-order valence-corrected chi connectivity index (χ3v) is 5.72. The molecule has 3 aromatic rings. The average molecular weight is 414 g/mol. The van der Waals surface area contributed by atoms with E-state index in [2.05, 4.69) is 20.2 Å². The Morgan fingerprint density at radius 1 is 1.07 bits per heavy atom. The van der Waals surface area contributed by atoms with Gasteiger partial charge in [-0.05, 0) is 23.7 Å². The van der Waals surface area contributed by atoms with Crippen LogP contribution in [0.5, 0.6) is 0 Å². The number of halogens is 2. The number of nitrogens with zero attached hydrogens (tertiary/aromatic N) is 7. The zero-order valence-corrected chi connectivity index (χ0v) is 16.1. The van der Waals surface area contributed by atoms with Gasteiger partial charge >= 0.3 is 0 Å². The number of likely N-dealkylation sites (tertiary alicyclic amines) is 1. The van der Waals surface area contributed by atoms with Gasteiger partial charge in [0.25, 0.3) is 5.91 Å². The summed E-state index contributed by atoms with van der Waals surface area (Å²) in [6, 6.07) is 7.31. The number of hydrogen-bond donors (Lipinski definition) is 0. The molecule has 2 fully saturated rings. The van der Waals surface area contributed by atoms with Gasteiger partial charge in [-0.15, -0.1) is 0 Å². The van der Waals surface area contributed by atoms with Crippen LogP contribution in [0.3, 0.4) is 0 Å². The quantitative estimate of drug-likeness (QED) is 0.611. The minimum Gasteiger partial charge on any atom is -0.353 e. The number of carbonyl (C=O) groups is 1. The molecule has 8 nitrogen and oxygen atoms in total. The Morgan fingerprint density at radius 2 is 1.76 bits per heavy atom. The van der Waals surface area contributed by atoms with Crippen LogP contribution >= 0.6 is 11.6 Å². The summed E-state index contributed by atoms with van der Waals surface area (Å²) in [6.45, 7) is 2.48. The van der Waals surface area contributed by atoms with Crippen molar-refractivity contribution in [2.45, 2.75) is 0 Å². The van der Waals surface area contributed by atoms with E-state index in [-0.39, 0.29) is 28.8 Å². The van der Waals surface area contributed by atoms with Crippen molar-refractivity contribution in [3.8, 4) is 5.69 Å². The summed E-state index contributed by atoms with van der Waals surface area (Å²) in [5, 5.41) is 8.31. The van der Waals surface area contributed by atoms with Gasteiger partial charge in [0.2, 0.25) is 5.28 Å². The summed E-state index contributed by atoms with van der Waals surface area (Å²) in [6.07, 6.45) is 4.25. The molecule has 4 heterocycles. The van der Waals surface area contributed by atoms with Gasteiger partial charge in [-0.2, -0.15) is 20.0 Å². The Kier molecular flexibility index (Phi) is 4.39. The van der Waals surface area contributed by atoms with Crippen LogP contribution in [0.2, 0.25) is 5.28 Å². The zero-order chi connectivity index (χ0) is 20.0.